The maximum absolute atomic E-state index is 13.7. The average Bonchev–Trinajstić information content (AvgIpc) is 3.26. The summed E-state index contributed by atoms with van der Waals surface area (Å²) in [6.07, 6.45) is 0.863. The van der Waals surface area contributed by atoms with Crippen LogP contribution in [0.5, 0.6) is 11.5 Å². The smallest absolute Gasteiger partial charge is 0.259 e. The van der Waals surface area contributed by atoms with Crippen molar-refractivity contribution in [1.82, 2.24) is 4.98 Å². The molecule has 0 unspecified atom stereocenters. The van der Waals surface area contributed by atoms with Crippen LogP contribution in [0.1, 0.15) is 15.9 Å². The number of methoxy groups -OCH3 is 2. The first-order valence-corrected chi connectivity index (χ1v) is 10.2. The molecule has 5 rings (SSSR count). The Bertz CT molecular complexity index is 1300. The standard InChI is InChI=1S/C26H22N2O3/c1-30-18-11-12-25(31-2)21(15-18)23-16-20(19-8-4-5-9-22(19)27-23)26(29)28-14-13-17-7-3-6-10-24(17)28/h3-12,15-16H,13-14H2,1-2H3. The van der Waals surface area contributed by atoms with E-state index in [0.29, 0.717) is 29.3 Å². The molecule has 0 bridgehead atoms. The maximum atomic E-state index is 13.7. The van der Waals surface area contributed by atoms with Gasteiger partial charge in [0.15, 0.2) is 0 Å². The van der Waals surface area contributed by atoms with E-state index in [9.17, 15) is 4.79 Å². The number of anilines is 1. The van der Waals surface area contributed by atoms with Gasteiger partial charge in [-0.2, -0.15) is 0 Å². The number of amides is 1. The van der Waals surface area contributed by atoms with Crippen molar-refractivity contribution in [2.45, 2.75) is 6.42 Å². The molecule has 0 atom stereocenters. The molecule has 0 aliphatic carbocycles. The van der Waals surface area contributed by atoms with Crippen molar-refractivity contribution < 1.29 is 14.3 Å². The SMILES string of the molecule is COc1ccc(OC)c(-c2cc(C(=O)N3CCc4ccccc43)c3ccccc3n2)c1. The summed E-state index contributed by atoms with van der Waals surface area (Å²) >= 11 is 0. The van der Waals surface area contributed by atoms with E-state index in [2.05, 4.69) is 6.07 Å². The lowest BCUT2D eigenvalue weighted by molar-refractivity contribution is 0.0991. The molecule has 0 spiro atoms. The Morgan fingerprint density at radius 3 is 2.58 bits per heavy atom. The summed E-state index contributed by atoms with van der Waals surface area (Å²) in [5.74, 6) is 1.35. The summed E-state index contributed by atoms with van der Waals surface area (Å²) in [4.78, 5) is 20.4. The maximum Gasteiger partial charge on any atom is 0.259 e. The molecule has 0 radical (unpaired) electrons. The van der Waals surface area contributed by atoms with Crippen LogP contribution in [0, 0.1) is 0 Å². The number of fused-ring (bicyclic) bond motifs is 2. The second kappa shape index (κ2) is 7.76. The Morgan fingerprint density at radius 1 is 0.935 bits per heavy atom. The number of ether oxygens (including phenoxy) is 2. The fourth-order valence-corrected chi connectivity index (χ4v) is 4.20. The largest absolute Gasteiger partial charge is 0.497 e. The van der Waals surface area contributed by atoms with Gasteiger partial charge in [-0.15, -0.1) is 0 Å². The Hall–Kier alpha value is -3.86. The minimum absolute atomic E-state index is 0.0216. The number of hydrogen-bond acceptors (Lipinski definition) is 4. The van der Waals surface area contributed by atoms with Crippen LogP contribution in [-0.2, 0) is 6.42 Å². The van der Waals surface area contributed by atoms with Crippen molar-refractivity contribution in [3.63, 3.8) is 0 Å². The zero-order chi connectivity index (χ0) is 21.4. The van der Waals surface area contributed by atoms with Crippen molar-refractivity contribution in [2.75, 3.05) is 25.7 Å². The third kappa shape index (κ3) is 3.28. The molecule has 4 aromatic rings. The van der Waals surface area contributed by atoms with Crippen LogP contribution in [0.15, 0.2) is 72.8 Å². The van der Waals surface area contributed by atoms with E-state index in [1.165, 1.54) is 5.56 Å². The molecule has 1 amide bonds. The third-order valence-corrected chi connectivity index (χ3v) is 5.76. The summed E-state index contributed by atoms with van der Waals surface area (Å²) in [6, 6.07) is 23.3. The highest BCUT2D eigenvalue weighted by molar-refractivity contribution is 6.15. The van der Waals surface area contributed by atoms with Crippen LogP contribution >= 0.6 is 0 Å². The van der Waals surface area contributed by atoms with Crippen LogP contribution in [0.25, 0.3) is 22.2 Å². The number of aromatic nitrogens is 1. The predicted molar refractivity (Wildman–Crippen MR) is 122 cm³/mol. The summed E-state index contributed by atoms with van der Waals surface area (Å²) in [6.45, 7) is 0.673. The van der Waals surface area contributed by atoms with Crippen molar-refractivity contribution in [3.8, 4) is 22.8 Å². The van der Waals surface area contributed by atoms with Crippen molar-refractivity contribution in [2.24, 2.45) is 0 Å². The minimum Gasteiger partial charge on any atom is -0.497 e. The van der Waals surface area contributed by atoms with Crippen LogP contribution in [0.4, 0.5) is 5.69 Å². The lowest BCUT2D eigenvalue weighted by atomic mass is 10.0. The number of hydrogen-bond donors (Lipinski definition) is 0. The molecule has 0 saturated carbocycles. The topological polar surface area (TPSA) is 51.7 Å². The van der Waals surface area contributed by atoms with Crippen LogP contribution in [-0.4, -0.2) is 31.7 Å². The van der Waals surface area contributed by atoms with Gasteiger partial charge >= 0.3 is 0 Å². The van der Waals surface area contributed by atoms with Gasteiger partial charge in [0, 0.05) is 23.2 Å². The van der Waals surface area contributed by atoms with Gasteiger partial charge in [-0.1, -0.05) is 36.4 Å². The van der Waals surface area contributed by atoms with Gasteiger partial charge < -0.3 is 14.4 Å². The quantitative estimate of drug-likeness (QED) is 0.468. The van der Waals surface area contributed by atoms with Gasteiger partial charge in [-0.25, -0.2) is 4.98 Å². The lowest BCUT2D eigenvalue weighted by Gasteiger charge is -2.19. The number of nitrogens with zero attached hydrogens (tertiary/aromatic N) is 2. The Morgan fingerprint density at radius 2 is 1.74 bits per heavy atom. The highest BCUT2D eigenvalue weighted by Crippen LogP contribution is 2.36. The lowest BCUT2D eigenvalue weighted by Crippen LogP contribution is -2.29. The van der Waals surface area contributed by atoms with E-state index in [1.807, 2.05) is 71.6 Å². The van der Waals surface area contributed by atoms with E-state index < -0.39 is 0 Å². The first-order chi connectivity index (χ1) is 15.2. The normalized spacial score (nSPS) is 12.6. The van der Waals surface area contributed by atoms with Gasteiger partial charge in [0.05, 0.1) is 31.0 Å². The second-order valence-electron chi connectivity index (χ2n) is 7.47. The number of benzene rings is 3. The molecule has 5 nitrogen and oxygen atoms in total. The molecule has 5 heteroatoms. The molecule has 0 saturated heterocycles. The number of rotatable bonds is 4. The number of para-hydroxylation sites is 2. The minimum atomic E-state index is -0.0216. The van der Waals surface area contributed by atoms with Gasteiger partial charge in [0.1, 0.15) is 11.5 Å². The molecule has 1 aliphatic heterocycles. The zero-order valence-corrected chi connectivity index (χ0v) is 17.5. The molecule has 2 heterocycles. The summed E-state index contributed by atoms with van der Waals surface area (Å²) < 4.78 is 11.0. The molecule has 0 N–H and O–H groups in total. The van der Waals surface area contributed by atoms with Crippen molar-refractivity contribution >= 4 is 22.5 Å². The number of carbonyl (C=O) groups excluding carboxylic acids is 1. The molecule has 1 aromatic heterocycles. The molecule has 1 aliphatic rings. The fraction of sp³-hybridized carbons (Fsp3) is 0.154. The van der Waals surface area contributed by atoms with Gasteiger partial charge in [-0.05, 0) is 48.4 Å². The van der Waals surface area contributed by atoms with Gasteiger partial charge in [-0.3, -0.25) is 4.79 Å². The average molecular weight is 410 g/mol. The predicted octanol–water partition coefficient (Wildman–Crippen LogP) is 5.12. The number of pyridine rings is 1. The van der Waals surface area contributed by atoms with E-state index in [4.69, 9.17) is 14.5 Å². The Kier molecular flexibility index (Phi) is 4.79. The summed E-state index contributed by atoms with van der Waals surface area (Å²) in [5.41, 5.74) is 5.02. The third-order valence-electron chi connectivity index (χ3n) is 5.76. The molecule has 154 valence electrons. The Balaban J connectivity index is 1.69. The van der Waals surface area contributed by atoms with E-state index >= 15 is 0 Å². The zero-order valence-electron chi connectivity index (χ0n) is 17.5. The first-order valence-electron chi connectivity index (χ1n) is 10.2. The van der Waals surface area contributed by atoms with Gasteiger partial charge in [0.25, 0.3) is 5.91 Å². The van der Waals surface area contributed by atoms with Crippen LogP contribution in [0.3, 0.4) is 0 Å². The monoisotopic (exact) mass is 410 g/mol. The number of carbonyl (C=O) groups is 1. The van der Waals surface area contributed by atoms with E-state index in [-0.39, 0.29) is 5.91 Å². The van der Waals surface area contributed by atoms with Crippen LogP contribution in [0.2, 0.25) is 0 Å². The fourth-order valence-electron chi connectivity index (χ4n) is 4.20. The molecule has 31 heavy (non-hydrogen) atoms. The van der Waals surface area contributed by atoms with Gasteiger partial charge in [0.2, 0.25) is 0 Å². The van der Waals surface area contributed by atoms with Crippen LogP contribution < -0.4 is 14.4 Å². The molecule has 0 fully saturated rings. The molecular formula is C26H22N2O3. The molecular weight excluding hydrogens is 388 g/mol. The van der Waals surface area contributed by atoms with E-state index in [0.717, 1.165) is 28.6 Å². The second-order valence-corrected chi connectivity index (χ2v) is 7.47. The first kappa shape index (κ1) is 19.1. The van der Waals surface area contributed by atoms with Crippen molar-refractivity contribution in [3.05, 3.63) is 83.9 Å². The summed E-state index contributed by atoms with van der Waals surface area (Å²) in [5, 5.41) is 0.836. The highest BCUT2D eigenvalue weighted by atomic mass is 16.5. The summed E-state index contributed by atoms with van der Waals surface area (Å²) in [7, 11) is 3.25. The highest BCUT2D eigenvalue weighted by Gasteiger charge is 2.27. The molecule has 3 aromatic carbocycles. The Labute approximate surface area is 180 Å². The van der Waals surface area contributed by atoms with E-state index in [1.54, 1.807) is 14.2 Å². The van der Waals surface area contributed by atoms with Crippen molar-refractivity contribution in [1.29, 1.82) is 0 Å².